The highest BCUT2D eigenvalue weighted by Crippen LogP contribution is 2.09. The summed E-state index contributed by atoms with van der Waals surface area (Å²) in [5.74, 6) is 0.924. The summed E-state index contributed by atoms with van der Waals surface area (Å²) >= 11 is 0. The van der Waals surface area contributed by atoms with Gasteiger partial charge >= 0.3 is 5.97 Å². The van der Waals surface area contributed by atoms with Crippen molar-refractivity contribution in [2.24, 2.45) is 0 Å². The minimum absolute atomic E-state index is 0.000860. The van der Waals surface area contributed by atoms with Gasteiger partial charge in [-0.05, 0) is 5.56 Å². The first-order valence-electron chi connectivity index (χ1n) is 5.53. The van der Waals surface area contributed by atoms with Crippen molar-refractivity contribution < 1.29 is 14.7 Å². The van der Waals surface area contributed by atoms with Gasteiger partial charge in [0, 0.05) is 13.3 Å². The Hall–Kier alpha value is -2.28. The second-order valence-electron chi connectivity index (χ2n) is 3.89. The number of nitrogens with zero attached hydrogens (tertiary/aromatic N) is 1. The van der Waals surface area contributed by atoms with Crippen molar-refractivity contribution in [1.82, 2.24) is 4.90 Å². The van der Waals surface area contributed by atoms with E-state index in [-0.39, 0.29) is 18.9 Å². The first-order chi connectivity index (χ1) is 8.56. The van der Waals surface area contributed by atoms with Crippen LogP contribution in [0.4, 0.5) is 0 Å². The second-order valence-corrected chi connectivity index (χ2v) is 3.89. The van der Waals surface area contributed by atoms with Crippen LogP contribution in [0.2, 0.25) is 0 Å². The second kappa shape index (κ2) is 6.45. The largest absolute Gasteiger partial charge is 0.480 e. The molecule has 0 aliphatic rings. The number of carbonyl (C=O) groups excluding carboxylic acids is 1. The maximum absolute atomic E-state index is 11.4. The summed E-state index contributed by atoms with van der Waals surface area (Å²) in [6.07, 6.45) is 5.41. The molecule has 1 amide bonds. The number of rotatable bonds is 5. The smallest absolute Gasteiger partial charge is 0.326 e. The molecule has 0 aliphatic heterocycles. The summed E-state index contributed by atoms with van der Waals surface area (Å²) in [4.78, 5) is 23.9. The number of aliphatic carboxylic acids is 1. The SMILES string of the molecule is C#CCN(C(C)=O)[C@@H](Cc1ccccc1)C(=O)O. The molecule has 0 bridgehead atoms. The van der Waals surface area contributed by atoms with E-state index < -0.39 is 12.0 Å². The summed E-state index contributed by atoms with van der Waals surface area (Å²) < 4.78 is 0. The molecule has 4 nitrogen and oxygen atoms in total. The predicted octanol–water partition coefficient (Wildman–Crippen LogP) is 1.16. The van der Waals surface area contributed by atoms with Crippen molar-refractivity contribution in [3.63, 3.8) is 0 Å². The Bertz CT molecular complexity index is 462. The Morgan fingerprint density at radius 3 is 2.44 bits per heavy atom. The van der Waals surface area contributed by atoms with Crippen molar-refractivity contribution in [2.45, 2.75) is 19.4 Å². The fourth-order valence-electron chi connectivity index (χ4n) is 1.71. The number of carbonyl (C=O) groups is 2. The van der Waals surface area contributed by atoms with Gasteiger partial charge in [-0.25, -0.2) is 4.79 Å². The third-order valence-corrected chi connectivity index (χ3v) is 2.60. The normalized spacial score (nSPS) is 11.3. The van der Waals surface area contributed by atoms with Gasteiger partial charge in [0.1, 0.15) is 6.04 Å². The zero-order chi connectivity index (χ0) is 13.5. The van der Waals surface area contributed by atoms with Gasteiger partial charge in [0.25, 0.3) is 0 Å². The lowest BCUT2D eigenvalue weighted by Crippen LogP contribution is -2.45. The Labute approximate surface area is 106 Å². The first kappa shape index (κ1) is 13.8. The molecule has 0 radical (unpaired) electrons. The molecule has 18 heavy (non-hydrogen) atoms. The van der Waals surface area contributed by atoms with E-state index in [0.717, 1.165) is 5.56 Å². The zero-order valence-corrected chi connectivity index (χ0v) is 10.2. The number of amides is 1. The summed E-state index contributed by atoms with van der Waals surface area (Å²) in [6.45, 7) is 1.32. The third kappa shape index (κ3) is 3.63. The molecule has 0 saturated carbocycles. The van der Waals surface area contributed by atoms with Crippen molar-refractivity contribution in [1.29, 1.82) is 0 Å². The van der Waals surface area contributed by atoms with E-state index in [2.05, 4.69) is 5.92 Å². The Morgan fingerprint density at radius 1 is 1.39 bits per heavy atom. The third-order valence-electron chi connectivity index (χ3n) is 2.60. The maximum Gasteiger partial charge on any atom is 0.326 e. The average Bonchev–Trinajstić information content (AvgIpc) is 2.34. The van der Waals surface area contributed by atoms with Crippen LogP contribution in [0.15, 0.2) is 30.3 Å². The van der Waals surface area contributed by atoms with Crippen LogP contribution in [0.5, 0.6) is 0 Å². The average molecular weight is 245 g/mol. The Kier molecular flexibility index (Phi) is 4.94. The molecule has 4 heteroatoms. The molecule has 1 N–H and O–H groups in total. The topological polar surface area (TPSA) is 57.6 Å². The van der Waals surface area contributed by atoms with E-state index in [9.17, 15) is 14.7 Å². The molecule has 0 aromatic heterocycles. The van der Waals surface area contributed by atoms with Gasteiger partial charge in [0.15, 0.2) is 0 Å². The number of hydrogen-bond acceptors (Lipinski definition) is 2. The number of benzene rings is 1. The molecule has 1 rings (SSSR count). The van der Waals surface area contributed by atoms with Crippen molar-refractivity contribution in [3.05, 3.63) is 35.9 Å². The van der Waals surface area contributed by atoms with Crippen molar-refractivity contribution in [2.75, 3.05) is 6.54 Å². The van der Waals surface area contributed by atoms with Crippen LogP contribution in [0.3, 0.4) is 0 Å². The fourth-order valence-corrected chi connectivity index (χ4v) is 1.71. The molecular weight excluding hydrogens is 230 g/mol. The number of carboxylic acid groups (broad SMARTS) is 1. The molecule has 1 aromatic carbocycles. The van der Waals surface area contributed by atoms with Crippen LogP contribution in [-0.4, -0.2) is 34.5 Å². The van der Waals surface area contributed by atoms with Gasteiger partial charge in [-0.3, -0.25) is 4.79 Å². The maximum atomic E-state index is 11.4. The molecule has 0 aliphatic carbocycles. The van der Waals surface area contributed by atoms with Crippen LogP contribution in [0.25, 0.3) is 0 Å². The molecule has 1 aromatic rings. The van der Waals surface area contributed by atoms with Gasteiger partial charge in [-0.1, -0.05) is 36.3 Å². The van der Waals surface area contributed by atoms with Crippen LogP contribution in [0, 0.1) is 12.3 Å². The van der Waals surface area contributed by atoms with E-state index >= 15 is 0 Å². The highest BCUT2D eigenvalue weighted by molar-refractivity contribution is 5.82. The summed E-state index contributed by atoms with van der Waals surface area (Å²) in [5.41, 5.74) is 0.855. The minimum atomic E-state index is -1.05. The van der Waals surface area contributed by atoms with Gasteiger partial charge < -0.3 is 10.0 Å². The molecule has 0 spiro atoms. The molecular formula is C14H15NO3. The molecule has 0 unspecified atom stereocenters. The monoisotopic (exact) mass is 245 g/mol. The van der Waals surface area contributed by atoms with E-state index in [1.165, 1.54) is 11.8 Å². The van der Waals surface area contributed by atoms with E-state index in [1.807, 2.05) is 30.3 Å². The zero-order valence-electron chi connectivity index (χ0n) is 10.2. The quantitative estimate of drug-likeness (QED) is 0.792. The molecule has 94 valence electrons. The summed E-state index contributed by atoms with van der Waals surface area (Å²) in [7, 11) is 0. The lowest BCUT2D eigenvalue weighted by molar-refractivity contribution is -0.148. The summed E-state index contributed by atoms with van der Waals surface area (Å²) in [5, 5.41) is 9.22. The molecule has 1 atom stereocenters. The van der Waals surface area contributed by atoms with Crippen LogP contribution in [-0.2, 0) is 16.0 Å². The standard InChI is InChI=1S/C14H15NO3/c1-3-9-15(11(2)16)13(14(17)18)10-12-7-5-4-6-8-12/h1,4-8,13H,9-10H2,2H3,(H,17,18)/t13-/m0/s1. The predicted molar refractivity (Wildman–Crippen MR) is 67.8 cm³/mol. The molecule has 0 saturated heterocycles. The van der Waals surface area contributed by atoms with E-state index in [4.69, 9.17) is 6.42 Å². The first-order valence-corrected chi connectivity index (χ1v) is 5.53. The highest BCUT2D eigenvalue weighted by atomic mass is 16.4. The molecule has 0 fully saturated rings. The summed E-state index contributed by atoms with van der Waals surface area (Å²) in [6, 6.07) is 8.22. The van der Waals surface area contributed by atoms with Gasteiger partial charge in [0.2, 0.25) is 5.91 Å². The van der Waals surface area contributed by atoms with Crippen molar-refractivity contribution in [3.8, 4) is 12.3 Å². The lowest BCUT2D eigenvalue weighted by atomic mass is 10.0. The Balaban J connectivity index is 2.92. The van der Waals surface area contributed by atoms with E-state index in [1.54, 1.807) is 0 Å². The molecule has 0 heterocycles. The van der Waals surface area contributed by atoms with Gasteiger partial charge in [-0.2, -0.15) is 0 Å². The van der Waals surface area contributed by atoms with Crippen LogP contribution in [0.1, 0.15) is 12.5 Å². The van der Waals surface area contributed by atoms with E-state index in [0.29, 0.717) is 0 Å². The van der Waals surface area contributed by atoms with Crippen molar-refractivity contribution >= 4 is 11.9 Å². The van der Waals surface area contributed by atoms with Gasteiger partial charge in [-0.15, -0.1) is 6.42 Å². The number of terminal acetylenes is 1. The highest BCUT2D eigenvalue weighted by Gasteiger charge is 2.27. The van der Waals surface area contributed by atoms with Crippen LogP contribution >= 0.6 is 0 Å². The number of carboxylic acids is 1. The fraction of sp³-hybridized carbons (Fsp3) is 0.286. The Morgan fingerprint density at radius 2 is 2.00 bits per heavy atom. The minimum Gasteiger partial charge on any atom is -0.480 e. The lowest BCUT2D eigenvalue weighted by Gasteiger charge is -2.26. The number of hydrogen-bond donors (Lipinski definition) is 1. The van der Waals surface area contributed by atoms with Gasteiger partial charge in [0.05, 0.1) is 6.54 Å². The van der Waals surface area contributed by atoms with Crippen LogP contribution < -0.4 is 0 Å².